The zero-order valence-electron chi connectivity index (χ0n) is 8.33. The topological polar surface area (TPSA) is 84.2 Å². The van der Waals surface area contributed by atoms with Gasteiger partial charge in [0.1, 0.15) is 0 Å². The summed E-state index contributed by atoms with van der Waals surface area (Å²) < 4.78 is 26.3. The third-order valence-electron chi connectivity index (χ3n) is 1.81. The normalized spacial score (nSPS) is 11.8. The summed E-state index contributed by atoms with van der Waals surface area (Å²) in [7, 11) is -3.30. The summed E-state index contributed by atoms with van der Waals surface area (Å²) in [6, 6.07) is 1.82. The maximum Gasteiger partial charge on any atom is 0.213 e. The molecule has 0 aliphatic rings. The molecular formula is C8H15N3O3S. The summed E-state index contributed by atoms with van der Waals surface area (Å²) in [6.07, 6.45) is 4.17. The van der Waals surface area contributed by atoms with Crippen molar-refractivity contribution in [3.63, 3.8) is 0 Å². The van der Waals surface area contributed by atoms with Gasteiger partial charge in [-0.05, 0) is 12.5 Å². The highest BCUT2D eigenvalue weighted by atomic mass is 32.2. The molecule has 1 heterocycles. The monoisotopic (exact) mass is 233 g/mol. The average molecular weight is 233 g/mol. The van der Waals surface area contributed by atoms with Gasteiger partial charge in [-0.15, -0.1) is 0 Å². The fourth-order valence-corrected chi connectivity index (χ4v) is 1.93. The Bertz CT molecular complexity index is 360. The van der Waals surface area contributed by atoms with E-state index in [1.807, 2.05) is 12.3 Å². The van der Waals surface area contributed by atoms with Crippen molar-refractivity contribution in [2.75, 3.05) is 18.9 Å². The predicted octanol–water partition coefficient (Wildman–Crippen LogP) is -0.815. The van der Waals surface area contributed by atoms with Crippen molar-refractivity contribution in [1.29, 1.82) is 0 Å². The second kappa shape index (κ2) is 5.84. The number of aliphatic hydroxyl groups is 1. The maximum atomic E-state index is 11.1. The van der Waals surface area contributed by atoms with Crippen molar-refractivity contribution in [2.24, 2.45) is 0 Å². The highest BCUT2D eigenvalue weighted by Gasteiger charge is 2.07. The van der Waals surface area contributed by atoms with Gasteiger partial charge < -0.3 is 5.11 Å². The van der Waals surface area contributed by atoms with Gasteiger partial charge in [0.25, 0.3) is 0 Å². The second-order valence-corrected chi connectivity index (χ2v) is 4.99. The van der Waals surface area contributed by atoms with E-state index in [0.29, 0.717) is 19.5 Å². The van der Waals surface area contributed by atoms with Crippen LogP contribution in [0.15, 0.2) is 18.5 Å². The third kappa shape index (κ3) is 4.91. The van der Waals surface area contributed by atoms with Crippen LogP contribution in [0.2, 0.25) is 0 Å². The minimum Gasteiger partial charge on any atom is -0.395 e. The van der Waals surface area contributed by atoms with Crippen molar-refractivity contribution < 1.29 is 13.5 Å². The van der Waals surface area contributed by atoms with E-state index in [1.54, 1.807) is 10.9 Å². The van der Waals surface area contributed by atoms with Crippen LogP contribution in [0.1, 0.15) is 6.42 Å². The Morgan fingerprint density at radius 1 is 1.47 bits per heavy atom. The SMILES string of the molecule is O=S(=O)(CCO)NCCCn1cccn1. The van der Waals surface area contributed by atoms with Crippen LogP contribution in [0.5, 0.6) is 0 Å². The lowest BCUT2D eigenvalue weighted by Crippen LogP contribution is -2.29. The molecule has 15 heavy (non-hydrogen) atoms. The number of hydrogen-bond acceptors (Lipinski definition) is 4. The van der Waals surface area contributed by atoms with Crippen LogP contribution >= 0.6 is 0 Å². The number of nitrogens with one attached hydrogen (secondary N) is 1. The number of aryl methyl sites for hydroxylation is 1. The smallest absolute Gasteiger partial charge is 0.213 e. The fraction of sp³-hybridized carbons (Fsp3) is 0.625. The van der Waals surface area contributed by atoms with Crippen LogP contribution in [0.4, 0.5) is 0 Å². The first-order valence-electron chi connectivity index (χ1n) is 4.70. The van der Waals surface area contributed by atoms with Gasteiger partial charge in [-0.3, -0.25) is 4.68 Å². The van der Waals surface area contributed by atoms with Gasteiger partial charge in [0.15, 0.2) is 0 Å². The Kier molecular flexibility index (Phi) is 4.73. The van der Waals surface area contributed by atoms with E-state index in [0.717, 1.165) is 0 Å². The van der Waals surface area contributed by atoms with Gasteiger partial charge in [-0.1, -0.05) is 0 Å². The Hall–Kier alpha value is -0.920. The van der Waals surface area contributed by atoms with Crippen LogP contribution < -0.4 is 4.72 Å². The molecule has 86 valence electrons. The van der Waals surface area contributed by atoms with E-state index in [1.165, 1.54) is 0 Å². The van der Waals surface area contributed by atoms with Gasteiger partial charge in [0.2, 0.25) is 10.0 Å². The minimum absolute atomic E-state index is 0.241. The van der Waals surface area contributed by atoms with E-state index in [9.17, 15) is 8.42 Å². The molecule has 0 bridgehead atoms. The van der Waals surface area contributed by atoms with Crippen LogP contribution in [0.25, 0.3) is 0 Å². The van der Waals surface area contributed by atoms with Gasteiger partial charge in [0.05, 0.1) is 12.4 Å². The fourth-order valence-electron chi connectivity index (χ4n) is 1.09. The van der Waals surface area contributed by atoms with E-state index in [2.05, 4.69) is 9.82 Å². The third-order valence-corrected chi connectivity index (χ3v) is 3.17. The van der Waals surface area contributed by atoms with E-state index < -0.39 is 10.0 Å². The molecule has 0 aliphatic carbocycles. The Morgan fingerprint density at radius 3 is 2.87 bits per heavy atom. The van der Waals surface area contributed by atoms with E-state index in [4.69, 9.17) is 5.11 Å². The molecule has 6 nitrogen and oxygen atoms in total. The van der Waals surface area contributed by atoms with E-state index in [-0.39, 0.29) is 12.4 Å². The lowest BCUT2D eigenvalue weighted by molar-refractivity contribution is 0.319. The van der Waals surface area contributed by atoms with Crippen molar-refractivity contribution in [3.8, 4) is 0 Å². The molecule has 0 amide bonds. The number of hydrogen-bond donors (Lipinski definition) is 2. The Labute approximate surface area is 89.0 Å². The molecule has 0 saturated carbocycles. The second-order valence-electron chi connectivity index (χ2n) is 3.06. The number of sulfonamides is 1. The first-order valence-corrected chi connectivity index (χ1v) is 6.35. The lowest BCUT2D eigenvalue weighted by atomic mass is 10.4. The van der Waals surface area contributed by atoms with Gasteiger partial charge in [0, 0.05) is 25.5 Å². The molecule has 0 unspecified atom stereocenters. The largest absolute Gasteiger partial charge is 0.395 e. The first kappa shape index (κ1) is 12.2. The molecule has 1 aromatic rings. The summed E-state index contributed by atoms with van der Waals surface area (Å²) in [5.74, 6) is -0.241. The molecule has 0 spiro atoms. The number of rotatable bonds is 7. The molecule has 0 saturated heterocycles. The Morgan fingerprint density at radius 2 is 2.27 bits per heavy atom. The molecule has 0 radical (unpaired) electrons. The number of aliphatic hydroxyl groups excluding tert-OH is 1. The van der Waals surface area contributed by atoms with Crippen molar-refractivity contribution in [1.82, 2.24) is 14.5 Å². The van der Waals surface area contributed by atoms with Crippen molar-refractivity contribution >= 4 is 10.0 Å². The quantitative estimate of drug-likeness (QED) is 0.603. The van der Waals surface area contributed by atoms with Crippen LogP contribution in [0.3, 0.4) is 0 Å². The number of nitrogens with zero attached hydrogens (tertiary/aromatic N) is 2. The first-order chi connectivity index (χ1) is 7.14. The average Bonchev–Trinajstić information content (AvgIpc) is 2.65. The van der Waals surface area contributed by atoms with Crippen molar-refractivity contribution in [2.45, 2.75) is 13.0 Å². The minimum atomic E-state index is -3.30. The summed E-state index contributed by atoms with van der Waals surface area (Å²) in [5, 5.41) is 12.5. The molecule has 0 fully saturated rings. The highest BCUT2D eigenvalue weighted by molar-refractivity contribution is 7.89. The predicted molar refractivity (Wildman–Crippen MR) is 55.7 cm³/mol. The van der Waals surface area contributed by atoms with E-state index >= 15 is 0 Å². The Balaban J connectivity index is 2.17. The highest BCUT2D eigenvalue weighted by Crippen LogP contribution is 1.89. The molecule has 0 aromatic carbocycles. The van der Waals surface area contributed by atoms with Gasteiger partial charge >= 0.3 is 0 Å². The van der Waals surface area contributed by atoms with Crippen LogP contribution in [-0.4, -0.2) is 42.2 Å². The molecule has 0 atom stereocenters. The zero-order valence-corrected chi connectivity index (χ0v) is 9.15. The molecule has 0 aliphatic heterocycles. The van der Waals surface area contributed by atoms with Gasteiger partial charge in [-0.2, -0.15) is 5.10 Å². The zero-order chi connectivity index (χ0) is 11.1. The molecule has 1 rings (SSSR count). The molecule has 1 aromatic heterocycles. The number of aromatic nitrogens is 2. The maximum absolute atomic E-state index is 11.1. The van der Waals surface area contributed by atoms with Crippen LogP contribution in [-0.2, 0) is 16.6 Å². The summed E-state index contributed by atoms with van der Waals surface area (Å²) >= 11 is 0. The standard InChI is InChI=1S/C8H15N3O3S/c12-7-8-15(13,14)10-4-2-6-11-5-1-3-9-11/h1,3,5,10,12H,2,4,6-8H2. The summed E-state index contributed by atoms with van der Waals surface area (Å²) in [5.41, 5.74) is 0. The molecule has 2 N–H and O–H groups in total. The molecule has 7 heteroatoms. The lowest BCUT2D eigenvalue weighted by Gasteiger charge is -2.05. The summed E-state index contributed by atoms with van der Waals surface area (Å²) in [4.78, 5) is 0. The van der Waals surface area contributed by atoms with Gasteiger partial charge in [-0.25, -0.2) is 13.1 Å². The molecular weight excluding hydrogens is 218 g/mol. The summed E-state index contributed by atoms with van der Waals surface area (Å²) in [6.45, 7) is 0.686. The van der Waals surface area contributed by atoms with Crippen LogP contribution in [0, 0.1) is 0 Å². The van der Waals surface area contributed by atoms with Crippen molar-refractivity contribution in [3.05, 3.63) is 18.5 Å².